The van der Waals surface area contributed by atoms with Crippen molar-refractivity contribution in [3.63, 3.8) is 0 Å². The van der Waals surface area contributed by atoms with Crippen molar-refractivity contribution in [1.29, 1.82) is 0 Å². The third-order valence-corrected chi connectivity index (χ3v) is 5.95. The van der Waals surface area contributed by atoms with Crippen molar-refractivity contribution in [2.75, 3.05) is 38.3 Å². The Morgan fingerprint density at radius 1 is 1.17 bits per heavy atom. The monoisotopic (exact) mass is 393 g/mol. The fourth-order valence-electron chi connectivity index (χ4n) is 4.14. The first-order valence-corrected chi connectivity index (χ1v) is 10.6. The van der Waals surface area contributed by atoms with Crippen molar-refractivity contribution in [3.8, 4) is 0 Å². The highest BCUT2D eigenvalue weighted by molar-refractivity contribution is 5.91. The molecule has 1 aliphatic carbocycles. The van der Waals surface area contributed by atoms with E-state index in [1.54, 1.807) is 11.0 Å². The van der Waals surface area contributed by atoms with Gasteiger partial charge in [-0.05, 0) is 62.1 Å². The largest absolute Gasteiger partial charge is 0.378 e. The first kappa shape index (κ1) is 19.8. The molecule has 2 aromatic rings. The molecule has 0 bridgehead atoms. The number of aryl methyl sites for hydroxylation is 1. The average molecular weight is 394 g/mol. The maximum atomic E-state index is 12.6. The SMILES string of the molecule is Cc1cc(/C=C/C(=O)N(C)Cc2ccc(N3CCOCC3)cc2)c(C)n1C1CC1. The second-order valence-electron chi connectivity index (χ2n) is 8.22. The summed E-state index contributed by atoms with van der Waals surface area (Å²) >= 11 is 0. The summed E-state index contributed by atoms with van der Waals surface area (Å²) in [7, 11) is 1.86. The highest BCUT2D eigenvalue weighted by Gasteiger charge is 2.26. The summed E-state index contributed by atoms with van der Waals surface area (Å²) in [4.78, 5) is 16.7. The molecular formula is C24H31N3O2. The second kappa shape index (κ2) is 8.46. The predicted molar refractivity (Wildman–Crippen MR) is 117 cm³/mol. The van der Waals surface area contributed by atoms with E-state index in [-0.39, 0.29) is 5.91 Å². The molecular weight excluding hydrogens is 362 g/mol. The van der Waals surface area contributed by atoms with Crippen molar-refractivity contribution in [3.05, 3.63) is 58.9 Å². The molecule has 0 radical (unpaired) electrons. The standard InChI is InChI=1S/C24H31N3O2/c1-18-16-21(19(2)27(18)23-9-10-23)6-11-24(28)25(3)17-20-4-7-22(8-5-20)26-12-14-29-15-13-26/h4-8,11,16,23H,9-10,12-15,17H2,1-3H3/b11-6+. The van der Waals surface area contributed by atoms with E-state index in [1.807, 2.05) is 13.1 Å². The Labute approximate surface area is 173 Å². The molecule has 2 fully saturated rings. The molecule has 1 amide bonds. The number of carbonyl (C=O) groups is 1. The van der Waals surface area contributed by atoms with Gasteiger partial charge in [-0.3, -0.25) is 4.79 Å². The van der Waals surface area contributed by atoms with E-state index in [1.165, 1.54) is 29.9 Å². The van der Waals surface area contributed by atoms with Crippen molar-refractivity contribution in [2.45, 2.75) is 39.3 Å². The Morgan fingerprint density at radius 3 is 2.52 bits per heavy atom. The van der Waals surface area contributed by atoms with E-state index < -0.39 is 0 Å². The summed E-state index contributed by atoms with van der Waals surface area (Å²) in [5.41, 5.74) is 6.04. The topological polar surface area (TPSA) is 37.7 Å². The summed E-state index contributed by atoms with van der Waals surface area (Å²) < 4.78 is 7.82. The second-order valence-corrected chi connectivity index (χ2v) is 8.22. The Kier molecular flexibility index (Phi) is 5.76. The van der Waals surface area contributed by atoms with E-state index in [0.29, 0.717) is 12.6 Å². The number of morpholine rings is 1. The van der Waals surface area contributed by atoms with Gasteiger partial charge in [-0.25, -0.2) is 0 Å². The van der Waals surface area contributed by atoms with Gasteiger partial charge < -0.3 is 19.1 Å². The fraction of sp³-hybridized carbons (Fsp3) is 0.458. The lowest BCUT2D eigenvalue weighted by Crippen LogP contribution is -2.36. The first-order valence-electron chi connectivity index (χ1n) is 10.6. The maximum Gasteiger partial charge on any atom is 0.246 e. The lowest BCUT2D eigenvalue weighted by atomic mass is 10.1. The Morgan fingerprint density at radius 2 is 1.86 bits per heavy atom. The lowest BCUT2D eigenvalue weighted by molar-refractivity contribution is -0.125. The van der Waals surface area contributed by atoms with Gasteiger partial charge >= 0.3 is 0 Å². The van der Waals surface area contributed by atoms with Gasteiger partial charge in [-0.2, -0.15) is 0 Å². The fourth-order valence-corrected chi connectivity index (χ4v) is 4.14. The summed E-state index contributed by atoms with van der Waals surface area (Å²) in [6, 6.07) is 11.4. The molecule has 1 aromatic carbocycles. The van der Waals surface area contributed by atoms with Gasteiger partial charge in [0.25, 0.3) is 0 Å². The minimum Gasteiger partial charge on any atom is -0.378 e. The number of anilines is 1. The third kappa shape index (κ3) is 4.56. The summed E-state index contributed by atoms with van der Waals surface area (Å²) in [6.45, 7) is 8.34. The highest BCUT2D eigenvalue weighted by Crippen LogP contribution is 2.38. The summed E-state index contributed by atoms with van der Waals surface area (Å²) in [5, 5.41) is 0. The van der Waals surface area contributed by atoms with Crippen LogP contribution in [-0.4, -0.2) is 48.7 Å². The normalized spacial score (nSPS) is 17.1. The molecule has 1 aliphatic heterocycles. The molecule has 1 aromatic heterocycles. The van der Waals surface area contributed by atoms with E-state index in [9.17, 15) is 4.79 Å². The van der Waals surface area contributed by atoms with Crippen LogP contribution in [0.15, 0.2) is 36.4 Å². The van der Waals surface area contributed by atoms with E-state index >= 15 is 0 Å². The average Bonchev–Trinajstić information content (AvgIpc) is 3.52. The van der Waals surface area contributed by atoms with Gasteiger partial charge in [0.1, 0.15) is 0 Å². The molecule has 0 atom stereocenters. The molecule has 5 nitrogen and oxygen atoms in total. The van der Waals surface area contributed by atoms with E-state index in [2.05, 4.69) is 53.6 Å². The number of benzene rings is 1. The van der Waals surface area contributed by atoms with Gasteiger partial charge in [0.05, 0.1) is 13.2 Å². The van der Waals surface area contributed by atoms with Crippen molar-refractivity contribution in [1.82, 2.24) is 9.47 Å². The van der Waals surface area contributed by atoms with E-state index in [0.717, 1.165) is 37.4 Å². The van der Waals surface area contributed by atoms with Crippen LogP contribution in [0.1, 0.15) is 41.4 Å². The molecule has 0 unspecified atom stereocenters. The molecule has 29 heavy (non-hydrogen) atoms. The van der Waals surface area contributed by atoms with Crippen LogP contribution in [0.3, 0.4) is 0 Å². The van der Waals surface area contributed by atoms with Crippen LogP contribution in [0.4, 0.5) is 5.69 Å². The quantitative estimate of drug-likeness (QED) is 0.698. The van der Waals surface area contributed by atoms with Crippen molar-refractivity contribution >= 4 is 17.7 Å². The molecule has 0 spiro atoms. The van der Waals surface area contributed by atoms with Crippen molar-refractivity contribution < 1.29 is 9.53 Å². The molecule has 154 valence electrons. The molecule has 2 aliphatic rings. The molecule has 0 N–H and O–H groups in total. The van der Waals surface area contributed by atoms with Crippen LogP contribution in [0.5, 0.6) is 0 Å². The lowest BCUT2D eigenvalue weighted by Gasteiger charge is -2.29. The summed E-state index contributed by atoms with van der Waals surface area (Å²) in [6.07, 6.45) is 6.19. The van der Waals surface area contributed by atoms with Gasteiger partial charge in [0.15, 0.2) is 0 Å². The van der Waals surface area contributed by atoms with Crippen LogP contribution in [0.2, 0.25) is 0 Å². The van der Waals surface area contributed by atoms with Crippen LogP contribution in [-0.2, 0) is 16.1 Å². The number of likely N-dealkylation sites (N-methyl/N-ethyl adjacent to an activating group) is 1. The maximum absolute atomic E-state index is 12.6. The third-order valence-electron chi connectivity index (χ3n) is 5.95. The number of carbonyl (C=O) groups excluding carboxylic acids is 1. The zero-order valence-electron chi connectivity index (χ0n) is 17.7. The van der Waals surface area contributed by atoms with Gasteiger partial charge in [-0.15, -0.1) is 0 Å². The minimum absolute atomic E-state index is 0.0264. The van der Waals surface area contributed by atoms with Crippen molar-refractivity contribution in [2.24, 2.45) is 0 Å². The Bertz CT molecular complexity index is 888. The van der Waals surface area contributed by atoms with E-state index in [4.69, 9.17) is 4.74 Å². The highest BCUT2D eigenvalue weighted by atomic mass is 16.5. The first-order chi connectivity index (χ1) is 14.0. The number of amides is 1. The predicted octanol–water partition coefficient (Wildman–Crippen LogP) is 3.95. The number of nitrogens with zero attached hydrogens (tertiary/aromatic N) is 3. The Balaban J connectivity index is 1.35. The number of hydrogen-bond acceptors (Lipinski definition) is 3. The van der Waals surface area contributed by atoms with Gasteiger partial charge in [0, 0.05) is 55.9 Å². The zero-order chi connectivity index (χ0) is 20.4. The smallest absolute Gasteiger partial charge is 0.246 e. The van der Waals surface area contributed by atoms with Crippen LogP contribution in [0.25, 0.3) is 6.08 Å². The van der Waals surface area contributed by atoms with Crippen LogP contribution >= 0.6 is 0 Å². The zero-order valence-corrected chi connectivity index (χ0v) is 17.7. The van der Waals surface area contributed by atoms with Gasteiger partial charge in [-0.1, -0.05) is 12.1 Å². The number of ether oxygens (including phenoxy) is 1. The number of rotatable bonds is 6. The number of aromatic nitrogens is 1. The minimum atomic E-state index is 0.0264. The van der Waals surface area contributed by atoms with Gasteiger partial charge in [0.2, 0.25) is 5.91 Å². The molecule has 2 heterocycles. The van der Waals surface area contributed by atoms with Crippen LogP contribution < -0.4 is 4.90 Å². The summed E-state index contributed by atoms with van der Waals surface area (Å²) in [5.74, 6) is 0.0264. The Hall–Kier alpha value is -2.53. The molecule has 1 saturated heterocycles. The molecule has 5 heteroatoms. The number of hydrogen-bond donors (Lipinski definition) is 0. The van der Waals surface area contributed by atoms with Crippen LogP contribution in [0, 0.1) is 13.8 Å². The molecule has 1 saturated carbocycles. The molecule has 4 rings (SSSR count).